The lowest BCUT2D eigenvalue weighted by molar-refractivity contribution is -0.167. The van der Waals surface area contributed by atoms with Gasteiger partial charge in [0.1, 0.15) is 140 Å². The van der Waals surface area contributed by atoms with Crippen molar-refractivity contribution in [1.29, 1.82) is 21.0 Å². The van der Waals surface area contributed by atoms with Gasteiger partial charge in [0.2, 0.25) is 22.1 Å². The predicted octanol–water partition coefficient (Wildman–Crippen LogP) is 20.9. The van der Waals surface area contributed by atoms with Gasteiger partial charge in [-0.25, -0.2) is 99.7 Å². The Labute approximate surface area is 745 Å². The van der Waals surface area contributed by atoms with Crippen molar-refractivity contribution in [3.63, 3.8) is 0 Å². The number of halogens is 22. The number of benzene rings is 8. The minimum Gasteiger partial charge on any atom is -0.370 e. The fraction of sp³-hybridized carbons (Fsp3) is 0.143. The summed E-state index contributed by atoms with van der Waals surface area (Å²) in [6.45, 7) is 37.4. The SMILES string of the molecule is Cc1cc2nc3c4nc(C)c(C)nc4c4nc(C(F)(F)F)c(C(F)(F)F)nc4c3nc2cc1C(F)(F)F.Cc1cc2nc3c4nc(F)c(F)nc4c4nc(F)c(F)nc4c3nc2cc1C(F)(F)F.[C-]#[N+]c1nc2c3nc(C#N)c(C#N)nc3c3nc4c(C(F)(F)F)cc(C)cc4nc3c2nc1[N+]#[C-].[C-]#[N+]c1nc2c3nc(C#N)c(C#N)nc3c3nc4cc(C(F)(F)F)c(C)cc4nc3c2nc1[N+]#[C-]. The van der Waals surface area contributed by atoms with Crippen LogP contribution in [0.1, 0.15) is 90.1 Å². The Morgan fingerprint density at radius 2 is 0.420 bits per heavy atom. The van der Waals surface area contributed by atoms with Gasteiger partial charge in [0.05, 0.1) is 72.3 Å². The molecule has 0 amide bonds. The molecule has 0 saturated heterocycles. The number of hydrogen-bond acceptors (Lipinski definition) is 28. The van der Waals surface area contributed by atoms with E-state index in [0.717, 1.165) is 30.3 Å². The van der Waals surface area contributed by atoms with E-state index in [1.807, 2.05) is 0 Å². The van der Waals surface area contributed by atoms with Gasteiger partial charge in [-0.2, -0.15) is 118 Å². The third kappa shape index (κ3) is 15.4. The molecule has 0 spiro atoms. The summed E-state index contributed by atoms with van der Waals surface area (Å²) in [6.07, 6.45) is -29.9. The Kier molecular flexibility index (Phi) is 21.2. The summed E-state index contributed by atoms with van der Waals surface area (Å²) in [6, 6.07) is 15.0. The zero-order chi connectivity index (χ0) is 99.6. The molecule has 0 unspecified atom stereocenters. The minimum absolute atomic E-state index is 0.000693. The average molecular weight is 1900 g/mol. The number of hydrogen-bond donors (Lipinski definition) is 0. The van der Waals surface area contributed by atoms with Crippen molar-refractivity contribution in [2.75, 3.05) is 0 Å². The standard InChI is InChI=1S/C22H11F9N6.2C22H5F3N10.C18H5F7N6/c1-6-4-10-11(5-9(6)20(23,24)25)35-15-14(34-10)12-13(33-8(3)7(2)32-12)16-17(15)37-19(22(29,30)31)18(36-16)21(26,27)28;1-8-4-10-11(5-9(8)22(23,24)25)31-14-15-17(33-13(7-27)12(6-26)32-15)19-18(16(14)30-10)34-20(28-2)21(29-3)35-19;1-8-4-9(22(23,24)25)13-10(5-8)30-16-17(33-13)14-15(32-12(7-27)11(6-26)31-14)18-19(16)35-21(29-3)20(28-2)34-18;1-4-2-6-7(3-5(4)18(23,24)25)27-9-8(26-6)10-12(30-16(21)14(19)28-10)13-11(9)29-15(20)17(22)31-13/h4-5H,1-3H3;2*4-5H,1H3;2-3H,1H3. The van der Waals surface area contributed by atoms with Crippen molar-refractivity contribution in [2.45, 2.75) is 78.6 Å². The third-order valence-corrected chi connectivity index (χ3v) is 20.6. The van der Waals surface area contributed by atoms with Crippen molar-refractivity contribution in [2.24, 2.45) is 0 Å². The summed E-state index contributed by atoms with van der Waals surface area (Å²) in [5, 5.41) is 37.6. The summed E-state index contributed by atoms with van der Waals surface area (Å²) in [5.41, 5.74) is -16.5. The number of aromatic nitrogens is 24. The highest BCUT2D eigenvalue weighted by Gasteiger charge is 2.48. The summed E-state index contributed by atoms with van der Waals surface area (Å²) in [4.78, 5) is 108. The lowest BCUT2D eigenvalue weighted by atomic mass is 10.1. The molecule has 0 fully saturated rings. The van der Waals surface area contributed by atoms with E-state index < -0.39 is 139 Å². The van der Waals surface area contributed by atoms with E-state index >= 15 is 0 Å². The van der Waals surface area contributed by atoms with Crippen LogP contribution >= 0.6 is 0 Å². The fourth-order valence-corrected chi connectivity index (χ4v) is 14.6. The second-order valence-electron chi connectivity index (χ2n) is 29.3. The molecule has 0 saturated carbocycles. The van der Waals surface area contributed by atoms with Gasteiger partial charge in [-0.1, -0.05) is 26.3 Å². The molecule has 0 bridgehead atoms. The lowest BCUT2D eigenvalue weighted by Crippen LogP contribution is -2.21. The second-order valence-corrected chi connectivity index (χ2v) is 29.3. The van der Waals surface area contributed by atoms with E-state index in [1.54, 1.807) is 24.3 Å². The summed E-state index contributed by atoms with van der Waals surface area (Å²) in [5.74, 6) is -7.85. The zero-order valence-electron chi connectivity index (χ0n) is 68.2. The molecule has 0 aliphatic carbocycles. The van der Waals surface area contributed by atoms with Crippen LogP contribution in [0.25, 0.3) is 196 Å². The molecule has 0 atom stereocenters. The largest absolute Gasteiger partial charge is 0.435 e. The lowest BCUT2D eigenvalue weighted by Gasteiger charge is -2.16. The van der Waals surface area contributed by atoms with E-state index in [-0.39, 0.29) is 206 Å². The summed E-state index contributed by atoms with van der Waals surface area (Å²) in [7, 11) is 0. The summed E-state index contributed by atoms with van der Waals surface area (Å²) >= 11 is 0. The first-order valence-electron chi connectivity index (χ1n) is 37.7. The molecule has 0 aliphatic heterocycles. The molecule has 0 aliphatic rings. The van der Waals surface area contributed by atoms with E-state index in [4.69, 9.17) is 26.3 Å². The van der Waals surface area contributed by atoms with E-state index in [1.165, 1.54) is 53.7 Å². The van der Waals surface area contributed by atoms with E-state index in [2.05, 4.69) is 139 Å². The van der Waals surface area contributed by atoms with Gasteiger partial charge in [-0.3, -0.25) is 0 Å². The van der Waals surface area contributed by atoms with Crippen LogP contribution in [0.3, 0.4) is 0 Å². The maximum Gasteiger partial charge on any atom is 0.435 e. The molecular weight excluding hydrogens is 1880 g/mol. The quantitative estimate of drug-likeness (QED) is 0.0589. The Morgan fingerprint density at radius 1 is 0.217 bits per heavy atom. The van der Waals surface area contributed by atoms with Gasteiger partial charge in [-0.15, -0.1) is 19.9 Å². The molecule has 12 heterocycles. The molecule has 138 heavy (non-hydrogen) atoms. The molecule has 32 nitrogen and oxygen atoms in total. The molecule has 8 aromatic carbocycles. The van der Waals surface area contributed by atoms with Crippen LogP contribution in [0, 0.1) is 137 Å². The maximum absolute atomic E-state index is 13.8. The topological polar surface area (TPSA) is 422 Å². The normalized spacial score (nSPS) is 12.1. The highest BCUT2D eigenvalue weighted by Crippen LogP contribution is 2.47. The maximum atomic E-state index is 13.8. The predicted molar refractivity (Wildman–Crippen MR) is 435 cm³/mol. The van der Waals surface area contributed by atoms with Crippen LogP contribution in [-0.4, -0.2) is 120 Å². The first-order chi connectivity index (χ1) is 64.9. The Hall–Kier alpha value is -18.7. The summed E-state index contributed by atoms with van der Waals surface area (Å²) < 4.78 is 299. The zero-order valence-corrected chi connectivity index (χ0v) is 68.2. The molecule has 0 N–H and O–H groups in total. The Bertz CT molecular complexity index is 9410. The molecule has 676 valence electrons. The van der Waals surface area contributed by atoms with Crippen molar-refractivity contribution >= 4 is 200 Å². The molecule has 0 radical (unpaired) electrons. The van der Waals surface area contributed by atoms with Crippen LogP contribution < -0.4 is 0 Å². The number of aryl methyl sites for hydroxylation is 6. The molecule has 20 rings (SSSR count). The molecule has 12 aromatic heterocycles. The Morgan fingerprint density at radius 3 is 0.652 bits per heavy atom. The smallest absolute Gasteiger partial charge is 0.370 e. The van der Waals surface area contributed by atoms with Gasteiger partial charge in [0, 0.05) is 0 Å². The fourth-order valence-electron chi connectivity index (χ4n) is 14.6. The van der Waals surface area contributed by atoms with Crippen molar-refractivity contribution in [3.05, 3.63) is 208 Å². The molecular formula is C84H26F22N32. The van der Waals surface area contributed by atoms with Crippen molar-refractivity contribution in [1.82, 2.24) is 120 Å². The average Bonchev–Trinajstić information content (AvgIpc) is 0.721. The highest BCUT2D eigenvalue weighted by atomic mass is 19.4. The van der Waals surface area contributed by atoms with Crippen LogP contribution in [0.2, 0.25) is 0 Å². The highest BCUT2D eigenvalue weighted by molar-refractivity contribution is 6.23. The Balaban J connectivity index is 0.000000128. The van der Waals surface area contributed by atoms with Crippen LogP contribution in [0.5, 0.6) is 0 Å². The van der Waals surface area contributed by atoms with Crippen LogP contribution in [-0.2, 0) is 37.1 Å². The van der Waals surface area contributed by atoms with Crippen LogP contribution in [0.15, 0.2) is 48.5 Å². The van der Waals surface area contributed by atoms with Crippen LogP contribution in [0.4, 0.5) is 120 Å². The second kappa shape index (κ2) is 32.0. The number of fused-ring (bicyclic) bond motifs is 28. The monoisotopic (exact) mass is 1900 g/mol. The minimum atomic E-state index is -5.56. The van der Waals surface area contributed by atoms with Crippen molar-refractivity contribution in [3.8, 4) is 24.3 Å². The number of nitriles is 4. The van der Waals surface area contributed by atoms with E-state index in [9.17, 15) is 118 Å². The van der Waals surface area contributed by atoms with Gasteiger partial charge in [-0.05, 0) is 112 Å². The van der Waals surface area contributed by atoms with Gasteiger partial charge in [0.25, 0.3) is 47.1 Å². The third-order valence-electron chi connectivity index (χ3n) is 20.6. The first kappa shape index (κ1) is 91.2. The van der Waals surface area contributed by atoms with E-state index in [0.29, 0.717) is 11.8 Å². The van der Waals surface area contributed by atoms with Gasteiger partial charge < -0.3 is 19.4 Å². The first-order valence-corrected chi connectivity index (χ1v) is 37.7. The van der Waals surface area contributed by atoms with Crippen molar-refractivity contribution < 1.29 is 96.6 Å². The molecule has 20 aromatic rings. The molecule has 54 heteroatoms. The number of rotatable bonds is 0. The van der Waals surface area contributed by atoms with Gasteiger partial charge in [0.15, 0.2) is 34.2 Å². The number of alkyl halides is 18. The van der Waals surface area contributed by atoms with Gasteiger partial charge >= 0.3 is 37.1 Å². The number of nitrogens with zero attached hydrogens (tertiary/aromatic N) is 32.